The van der Waals surface area contributed by atoms with Crippen molar-refractivity contribution in [1.29, 1.82) is 0 Å². The average Bonchev–Trinajstić information content (AvgIpc) is 3.26. The van der Waals surface area contributed by atoms with Crippen LogP contribution in [-0.4, -0.2) is 23.2 Å². The topological polar surface area (TPSA) is 109 Å². The third-order valence-electron chi connectivity index (χ3n) is 3.70. The van der Waals surface area contributed by atoms with Crippen molar-refractivity contribution in [3.63, 3.8) is 0 Å². The number of aryl methyl sites for hydroxylation is 2. The van der Waals surface area contributed by atoms with Gasteiger partial charge in [0.2, 0.25) is 11.8 Å². The van der Waals surface area contributed by atoms with E-state index in [1.165, 1.54) is 0 Å². The summed E-state index contributed by atoms with van der Waals surface area (Å²) in [6.45, 7) is 7.16. The van der Waals surface area contributed by atoms with Crippen LogP contribution in [0, 0.1) is 13.8 Å². The Balaban J connectivity index is 1.69. The van der Waals surface area contributed by atoms with Crippen LogP contribution in [0.3, 0.4) is 0 Å². The fraction of sp³-hybridized carbons (Fsp3) is 0.368. The lowest BCUT2D eigenvalue weighted by molar-refractivity contribution is -0.122. The molecule has 0 radical (unpaired) electrons. The number of nitrogens with zero attached hydrogens (tertiary/aromatic N) is 2. The fourth-order valence-corrected chi connectivity index (χ4v) is 2.18. The summed E-state index contributed by atoms with van der Waals surface area (Å²) in [4.78, 5) is 23.6. The van der Waals surface area contributed by atoms with Gasteiger partial charge >= 0.3 is 0 Å². The number of hydrazone groups is 2. The third kappa shape index (κ3) is 6.58. The highest BCUT2D eigenvalue weighted by atomic mass is 16.3. The molecule has 2 aromatic rings. The number of rotatable bonds is 8. The van der Waals surface area contributed by atoms with Gasteiger partial charge in [-0.05, 0) is 58.4 Å². The first-order valence-corrected chi connectivity index (χ1v) is 8.65. The third-order valence-corrected chi connectivity index (χ3v) is 3.70. The highest BCUT2D eigenvalue weighted by molar-refractivity contribution is 5.97. The van der Waals surface area contributed by atoms with Crippen molar-refractivity contribution in [3.05, 3.63) is 47.3 Å². The zero-order chi connectivity index (χ0) is 19.8. The van der Waals surface area contributed by atoms with Crippen LogP contribution in [0.15, 0.2) is 43.3 Å². The molecule has 0 saturated carbocycles. The number of hydrogen-bond acceptors (Lipinski definition) is 6. The largest absolute Gasteiger partial charge is 0.460 e. The van der Waals surface area contributed by atoms with E-state index in [4.69, 9.17) is 8.83 Å². The summed E-state index contributed by atoms with van der Waals surface area (Å²) in [6, 6.07) is 7.23. The average molecular weight is 372 g/mol. The van der Waals surface area contributed by atoms with Crippen molar-refractivity contribution in [2.45, 2.75) is 47.0 Å². The van der Waals surface area contributed by atoms with E-state index in [2.05, 4.69) is 21.1 Å². The molecule has 8 nitrogen and oxygen atoms in total. The molecule has 2 aromatic heterocycles. The summed E-state index contributed by atoms with van der Waals surface area (Å²) in [5.74, 6) is 2.22. The number of furan rings is 2. The Morgan fingerprint density at radius 3 is 1.56 bits per heavy atom. The molecule has 0 aliphatic rings. The molecule has 0 saturated heterocycles. The standard InChI is InChI=1S/C19H24N4O4/c1-12-8-10-16(26-12)14(3)20-22-18(24)6-5-7-19(25)23-21-15(4)17-11-9-13(2)27-17/h8-11H,5-7H2,1-4H3,(H,22,24)(H,23,25). The Hall–Kier alpha value is -3.16. The van der Waals surface area contributed by atoms with Gasteiger partial charge in [0.05, 0.1) is 0 Å². The smallest absolute Gasteiger partial charge is 0.240 e. The molecule has 0 aromatic carbocycles. The Bertz CT molecular complexity index is 790. The van der Waals surface area contributed by atoms with E-state index in [9.17, 15) is 9.59 Å². The minimum atomic E-state index is -0.267. The quantitative estimate of drug-likeness (QED) is 0.548. The second kappa shape index (κ2) is 9.51. The van der Waals surface area contributed by atoms with Crippen LogP contribution in [0.5, 0.6) is 0 Å². The van der Waals surface area contributed by atoms with Crippen molar-refractivity contribution in [2.24, 2.45) is 10.2 Å². The van der Waals surface area contributed by atoms with Gasteiger partial charge in [-0.15, -0.1) is 0 Å². The van der Waals surface area contributed by atoms with Crippen LogP contribution in [0.2, 0.25) is 0 Å². The fourth-order valence-electron chi connectivity index (χ4n) is 2.18. The van der Waals surface area contributed by atoms with Crippen molar-refractivity contribution < 1.29 is 18.4 Å². The lowest BCUT2D eigenvalue weighted by Crippen LogP contribution is -2.21. The van der Waals surface area contributed by atoms with Gasteiger partial charge in [0, 0.05) is 12.8 Å². The molecule has 144 valence electrons. The molecule has 2 heterocycles. The number of amides is 2. The molecule has 27 heavy (non-hydrogen) atoms. The van der Waals surface area contributed by atoms with E-state index in [1.54, 1.807) is 26.0 Å². The maximum Gasteiger partial charge on any atom is 0.240 e. The van der Waals surface area contributed by atoms with Gasteiger partial charge in [-0.1, -0.05) is 0 Å². The SMILES string of the molecule is CC(=NNC(=O)CCCC(=O)NN=C(C)c1ccc(C)o1)c1ccc(C)o1. The summed E-state index contributed by atoms with van der Waals surface area (Å²) in [5, 5.41) is 7.98. The first-order chi connectivity index (χ1) is 12.8. The number of carbonyl (C=O) groups excluding carboxylic acids is 2. The van der Waals surface area contributed by atoms with Crippen molar-refractivity contribution in [1.82, 2.24) is 10.9 Å². The summed E-state index contributed by atoms with van der Waals surface area (Å²) < 4.78 is 10.8. The van der Waals surface area contributed by atoms with Gasteiger partial charge in [-0.25, -0.2) is 10.9 Å². The molecule has 0 fully saturated rings. The van der Waals surface area contributed by atoms with Gasteiger partial charge in [0.25, 0.3) is 0 Å². The maximum absolute atomic E-state index is 11.8. The van der Waals surface area contributed by atoms with Crippen LogP contribution in [0.4, 0.5) is 0 Å². The highest BCUT2D eigenvalue weighted by Gasteiger charge is 2.07. The Morgan fingerprint density at radius 2 is 1.22 bits per heavy atom. The minimum absolute atomic E-state index is 0.182. The lowest BCUT2D eigenvalue weighted by Gasteiger charge is -2.02. The van der Waals surface area contributed by atoms with Crippen molar-refractivity contribution in [3.8, 4) is 0 Å². The van der Waals surface area contributed by atoms with Gasteiger partial charge in [0.15, 0.2) is 0 Å². The van der Waals surface area contributed by atoms with E-state index in [0.717, 1.165) is 11.5 Å². The van der Waals surface area contributed by atoms with E-state index >= 15 is 0 Å². The van der Waals surface area contributed by atoms with Gasteiger partial charge in [-0.2, -0.15) is 10.2 Å². The first kappa shape index (κ1) is 20.2. The maximum atomic E-state index is 11.8. The zero-order valence-corrected chi connectivity index (χ0v) is 16.0. The van der Waals surface area contributed by atoms with Crippen LogP contribution in [0.25, 0.3) is 0 Å². The monoisotopic (exact) mass is 372 g/mol. The summed E-state index contributed by atoms with van der Waals surface area (Å²) in [5.41, 5.74) is 6.06. The van der Waals surface area contributed by atoms with Crippen molar-refractivity contribution in [2.75, 3.05) is 0 Å². The Morgan fingerprint density at radius 1 is 0.815 bits per heavy atom. The molecule has 0 bridgehead atoms. The molecular weight excluding hydrogens is 348 g/mol. The molecule has 0 aliphatic heterocycles. The van der Waals surface area contributed by atoms with Gasteiger partial charge in [-0.3, -0.25) is 9.59 Å². The molecule has 2 amide bonds. The summed E-state index contributed by atoms with van der Waals surface area (Å²) >= 11 is 0. The zero-order valence-electron chi connectivity index (χ0n) is 16.0. The van der Waals surface area contributed by atoms with E-state index in [-0.39, 0.29) is 24.7 Å². The Kier molecular flexibility index (Phi) is 7.10. The van der Waals surface area contributed by atoms with Crippen molar-refractivity contribution >= 4 is 23.2 Å². The molecule has 0 atom stereocenters. The number of carbonyl (C=O) groups is 2. The highest BCUT2D eigenvalue weighted by Crippen LogP contribution is 2.08. The molecule has 8 heteroatoms. The predicted octanol–water partition coefficient (Wildman–Crippen LogP) is 3.04. The van der Waals surface area contributed by atoms with E-state index < -0.39 is 0 Å². The predicted molar refractivity (Wildman–Crippen MR) is 101 cm³/mol. The summed E-state index contributed by atoms with van der Waals surface area (Å²) in [6.07, 6.45) is 0.753. The molecule has 2 rings (SSSR count). The number of nitrogens with one attached hydrogen (secondary N) is 2. The van der Waals surface area contributed by atoms with Crippen LogP contribution >= 0.6 is 0 Å². The van der Waals surface area contributed by atoms with E-state index in [0.29, 0.717) is 29.4 Å². The minimum Gasteiger partial charge on any atom is -0.460 e. The Labute approximate surface area is 157 Å². The van der Waals surface area contributed by atoms with Gasteiger partial charge in [0.1, 0.15) is 34.5 Å². The lowest BCUT2D eigenvalue weighted by atomic mass is 10.2. The van der Waals surface area contributed by atoms with Gasteiger partial charge < -0.3 is 8.83 Å². The molecule has 0 spiro atoms. The normalized spacial score (nSPS) is 12.1. The molecule has 2 N–H and O–H groups in total. The van der Waals surface area contributed by atoms with E-state index in [1.807, 2.05) is 26.0 Å². The first-order valence-electron chi connectivity index (χ1n) is 8.65. The second-order valence-electron chi connectivity index (χ2n) is 6.14. The van der Waals surface area contributed by atoms with Crippen LogP contribution < -0.4 is 10.9 Å². The molecular formula is C19H24N4O4. The molecule has 0 unspecified atom stereocenters. The van der Waals surface area contributed by atoms with Crippen LogP contribution in [-0.2, 0) is 9.59 Å². The van der Waals surface area contributed by atoms with Crippen LogP contribution in [0.1, 0.15) is 56.2 Å². The summed E-state index contributed by atoms with van der Waals surface area (Å²) in [7, 11) is 0. The molecule has 0 aliphatic carbocycles. The second-order valence-corrected chi connectivity index (χ2v) is 6.14. The number of hydrogen-bond donors (Lipinski definition) is 2.